The predicted molar refractivity (Wildman–Crippen MR) is 116 cm³/mol. The SMILES string of the molecule is Cc1ccc(NCC(=O)N/N=C\c2cc(C)n(-c3cccc(Cl)c3)c2C)cc1. The van der Waals surface area contributed by atoms with Crippen LogP contribution >= 0.6 is 11.6 Å². The highest BCUT2D eigenvalue weighted by atomic mass is 35.5. The molecule has 28 heavy (non-hydrogen) atoms. The van der Waals surface area contributed by atoms with Crippen LogP contribution < -0.4 is 10.7 Å². The van der Waals surface area contributed by atoms with Gasteiger partial charge >= 0.3 is 0 Å². The topological polar surface area (TPSA) is 58.4 Å². The first-order chi connectivity index (χ1) is 13.4. The van der Waals surface area contributed by atoms with Gasteiger partial charge in [-0.15, -0.1) is 0 Å². The van der Waals surface area contributed by atoms with Crippen LogP contribution in [0.4, 0.5) is 5.69 Å². The quantitative estimate of drug-likeness (QED) is 0.473. The molecule has 0 saturated carbocycles. The molecule has 2 aromatic carbocycles. The summed E-state index contributed by atoms with van der Waals surface area (Å²) in [4.78, 5) is 12.0. The first-order valence-electron chi connectivity index (χ1n) is 9.01. The van der Waals surface area contributed by atoms with Gasteiger partial charge in [0, 0.05) is 33.3 Å². The van der Waals surface area contributed by atoms with Crippen molar-refractivity contribution in [1.29, 1.82) is 0 Å². The minimum Gasteiger partial charge on any atom is -0.376 e. The van der Waals surface area contributed by atoms with Crippen LogP contribution in [0.25, 0.3) is 5.69 Å². The molecule has 1 aromatic heterocycles. The molecule has 0 aliphatic carbocycles. The van der Waals surface area contributed by atoms with Crippen molar-refractivity contribution in [3.8, 4) is 5.69 Å². The lowest BCUT2D eigenvalue weighted by molar-refractivity contribution is -0.119. The summed E-state index contributed by atoms with van der Waals surface area (Å²) in [5.41, 5.74) is 8.64. The third-order valence-corrected chi connectivity index (χ3v) is 4.67. The van der Waals surface area contributed by atoms with E-state index < -0.39 is 0 Å². The molecule has 0 radical (unpaired) electrons. The summed E-state index contributed by atoms with van der Waals surface area (Å²) < 4.78 is 2.11. The lowest BCUT2D eigenvalue weighted by Crippen LogP contribution is -2.25. The second-order valence-corrected chi connectivity index (χ2v) is 7.09. The van der Waals surface area contributed by atoms with Crippen LogP contribution in [0, 0.1) is 20.8 Å². The summed E-state index contributed by atoms with van der Waals surface area (Å²) in [5.74, 6) is -0.208. The van der Waals surface area contributed by atoms with Gasteiger partial charge in [-0.1, -0.05) is 35.4 Å². The van der Waals surface area contributed by atoms with Crippen LogP contribution in [0.3, 0.4) is 0 Å². The van der Waals surface area contributed by atoms with Crippen LogP contribution in [0.1, 0.15) is 22.5 Å². The summed E-state index contributed by atoms with van der Waals surface area (Å²) in [6.45, 7) is 6.21. The lowest BCUT2D eigenvalue weighted by Gasteiger charge is -2.09. The van der Waals surface area contributed by atoms with Gasteiger partial charge < -0.3 is 9.88 Å². The molecule has 0 atom stereocenters. The van der Waals surface area contributed by atoms with Crippen molar-refractivity contribution in [3.05, 3.63) is 82.1 Å². The maximum atomic E-state index is 12.0. The molecule has 5 nitrogen and oxygen atoms in total. The van der Waals surface area contributed by atoms with E-state index >= 15 is 0 Å². The lowest BCUT2D eigenvalue weighted by atomic mass is 10.2. The number of halogens is 1. The Morgan fingerprint density at radius 2 is 1.86 bits per heavy atom. The van der Waals surface area contributed by atoms with E-state index in [-0.39, 0.29) is 12.5 Å². The fourth-order valence-electron chi connectivity index (χ4n) is 3.00. The van der Waals surface area contributed by atoms with E-state index in [0.717, 1.165) is 28.3 Å². The van der Waals surface area contributed by atoms with E-state index in [4.69, 9.17) is 11.6 Å². The van der Waals surface area contributed by atoms with Crippen LogP contribution in [-0.2, 0) is 4.79 Å². The molecule has 2 N–H and O–H groups in total. The third kappa shape index (κ3) is 4.81. The first kappa shape index (κ1) is 19.7. The Hall–Kier alpha value is -3.05. The largest absolute Gasteiger partial charge is 0.376 e. The summed E-state index contributed by atoms with van der Waals surface area (Å²) in [6.07, 6.45) is 1.66. The number of benzene rings is 2. The van der Waals surface area contributed by atoms with Gasteiger partial charge in [0.05, 0.1) is 12.8 Å². The van der Waals surface area contributed by atoms with Gasteiger partial charge in [-0.2, -0.15) is 5.10 Å². The summed E-state index contributed by atoms with van der Waals surface area (Å²) in [5, 5.41) is 7.85. The molecule has 0 aliphatic heterocycles. The van der Waals surface area contributed by atoms with E-state index in [1.165, 1.54) is 5.56 Å². The zero-order valence-corrected chi connectivity index (χ0v) is 16.9. The van der Waals surface area contributed by atoms with Gasteiger partial charge in [0.2, 0.25) is 0 Å². The maximum Gasteiger partial charge on any atom is 0.259 e. The number of anilines is 1. The van der Waals surface area contributed by atoms with Gasteiger partial charge in [-0.05, 0) is 57.2 Å². The highest BCUT2D eigenvalue weighted by molar-refractivity contribution is 6.30. The minimum absolute atomic E-state index is 0.155. The Morgan fingerprint density at radius 3 is 2.57 bits per heavy atom. The number of nitrogens with one attached hydrogen (secondary N) is 2. The minimum atomic E-state index is -0.208. The molecule has 0 saturated heterocycles. The van der Waals surface area contributed by atoms with Crippen LogP contribution in [0.15, 0.2) is 59.7 Å². The highest BCUT2D eigenvalue weighted by Crippen LogP contribution is 2.22. The molecule has 1 heterocycles. The van der Waals surface area contributed by atoms with E-state index in [9.17, 15) is 4.79 Å². The zero-order chi connectivity index (χ0) is 20.1. The number of hydrogen-bond acceptors (Lipinski definition) is 3. The van der Waals surface area contributed by atoms with Crippen molar-refractivity contribution in [3.63, 3.8) is 0 Å². The number of aromatic nitrogens is 1. The van der Waals surface area contributed by atoms with Gasteiger partial charge in [0.25, 0.3) is 5.91 Å². The number of rotatable bonds is 6. The molecule has 0 unspecified atom stereocenters. The monoisotopic (exact) mass is 394 g/mol. The van der Waals surface area contributed by atoms with Crippen molar-refractivity contribution in [2.24, 2.45) is 5.10 Å². The number of carbonyl (C=O) groups is 1. The first-order valence-corrected chi connectivity index (χ1v) is 9.39. The van der Waals surface area contributed by atoms with Crippen LogP contribution in [-0.4, -0.2) is 23.2 Å². The molecular weight excluding hydrogens is 372 g/mol. The zero-order valence-electron chi connectivity index (χ0n) is 16.2. The van der Waals surface area contributed by atoms with Crippen molar-refractivity contribution in [2.75, 3.05) is 11.9 Å². The fourth-order valence-corrected chi connectivity index (χ4v) is 3.18. The van der Waals surface area contributed by atoms with E-state index in [0.29, 0.717) is 5.02 Å². The van der Waals surface area contributed by atoms with Gasteiger partial charge in [0.1, 0.15) is 0 Å². The Morgan fingerprint density at radius 1 is 1.11 bits per heavy atom. The van der Waals surface area contributed by atoms with Crippen molar-refractivity contribution < 1.29 is 4.79 Å². The smallest absolute Gasteiger partial charge is 0.259 e. The summed E-state index contributed by atoms with van der Waals surface area (Å²) in [7, 11) is 0. The average molecular weight is 395 g/mol. The molecular formula is C22H23ClN4O. The second-order valence-electron chi connectivity index (χ2n) is 6.65. The molecule has 0 bridgehead atoms. The number of hydrazone groups is 1. The van der Waals surface area contributed by atoms with Crippen molar-refractivity contribution in [2.45, 2.75) is 20.8 Å². The van der Waals surface area contributed by atoms with E-state index in [1.807, 2.05) is 75.4 Å². The standard InChI is InChI=1S/C22H23ClN4O/c1-15-7-9-20(10-8-15)24-14-22(28)26-25-13-18-11-16(2)27(17(18)3)21-6-4-5-19(23)12-21/h4-13,24H,14H2,1-3H3,(H,26,28)/b25-13-. The molecule has 6 heteroatoms. The Bertz CT molecular complexity index is 1010. The molecule has 0 aliphatic rings. The molecule has 1 amide bonds. The average Bonchev–Trinajstić information content (AvgIpc) is 2.95. The molecule has 3 rings (SSSR count). The van der Waals surface area contributed by atoms with Crippen molar-refractivity contribution >= 4 is 29.4 Å². The number of hydrogen-bond donors (Lipinski definition) is 2. The van der Waals surface area contributed by atoms with Crippen LogP contribution in [0.5, 0.6) is 0 Å². The number of amides is 1. The van der Waals surface area contributed by atoms with E-state index in [2.05, 4.69) is 20.4 Å². The number of nitrogens with zero attached hydrogens (tertiary/aromatic N) is 2. The van der Waals surface area contributed by atoms with Crippen molar-refractivity contribution in [1.82, 2.24) is 9.99 Å². The summed E-state index contributed by atoms with van der Waals surface area (Å²) >= 11 is 6.11. The molecule has 0 fully saturated rings. The van der Waals surface area contributed by atoms with Gasteiger partial charge in [-0.3, -0.25) is 4.79 Å². The number of carbonyl (C=O) groups excluding carboxylic acids is 1. The molecule has 3 aromatic rings. The Labute approximate surface area is 170 Å². The normalized spacial score (nSPS) is 11.0. The van der Waals surface area contributed by atoms with E-state index in [1.54, 1.807) is 6.21 Å². The summed E-state index contributed by atoms with van der Waals surface area (Å²) in [6, 6.07) is 17.6. The third-order valence-electron chi connectivity index (χ3n) is 4.43. The highest BCUT2D eigenvalue weighted by Gasteiger charge is 2.10. The maximum absolute atomic E-state index is 12.0. The Balaban J connectivity index is 1.62. The fraction of sp³-hybridized carbons (Fsp3) is 0.182. The van der Waals surface area contributed by atoms with Gasteiger partial charge in [-0.25, -0.2) is 5.43 Å². The predicted octanol–water partition coefficient (Wildman–Crippen LogP) is 4.62. The molecule has 144 valence electrons. The Kier molecular flexibility index (Phi) is 6.16. The van der Waals surface area contributed by atoms with Crippen LogP contribution in [0.2, 0.25) is 5.02 Å². The second kappa shape index (κ2) is 8.76. The molecule has 0 spiro atoms. The number of aryl methyl sites for hydroxylation is 2. The van der Waals surface area contributed by atoms with Gasteiger partial charge in [0.15, 0.2) is 0 Å².